The molecule has 0 atom stereocenters. The van der Waals surface area contributed by atoms with Gasteiger partial charge < -0.3 is 19.9 Å². The first-order chi connectivity index (χ1) is 11.8. The normalized spacial score (nSPS) is 15.8. The Balaban J connectivity index is 1.78. The van der Waals surface area contributed by atoms with Crippen LogP contribution in [-0.4, -0.2) is 55.8 Å². The molecule has 1 aliphatic heterocycles. The molecule has 1 aliphatic rings. The topological polar surface area (TPSA) is 63.1 Å². The third kappa shape index (κ3) is 6.26. The summed E-state index contributed by atoms with van der Waals surface area (Å²) in [5, 5.41) is 2.65. The molecule has 0 unspecified atom stereocenters. The largest absolute Gasteiger partial charge is 0.573 e. The molecule has 2 rings (SSSR count). The third-order valence-electron chi connectivity index (χ3n) is 3.91. The van der Waals surface area contributed by atoms with Gasteiger partial charge in [0, 0.05) is 12.1 Å². The molecule has 25 heavy (non-hydrogen) atoms. The summed E-state index contributed by atoms with van der Waals surface area (Å²) >= 11 is 0. The number of anilines is 1. The van der Waals surface area contributed by atoms with E-state index >= 15 is 0 Å². The van der Waals surface area contributed by atoms with Gasteiger partial charge in [-0.1, -0.05) is 6.92 Å². The summed E-state index contributed by atoms with van der Waals surface area (Å²) in [5.74, 6) is -0.452. The lowest BCUT2D eigenvalue weighted by Gasteiger charge is -2.31. The standard InChI is InChI=1S/C16H20F3N3O3/c1-2-15(24)22-9-7-21(8-10-22)11-14(23)20-12-3-5-13(6-4-12)25-16(17,18)19/h3-6H,2,7-11H2,1H3,(H,20,23)/p+1. The number of alkyl halides is 3. The molecule has 0 aromatic heterocycles. The Kier molecular flexibility index (Phi) is 6.24. The first kappa shape index (κ1) is 19.0. The van der Waals surface area contributed by atoms with Crippen molar-refractivity contribution in [3.05, 3.63) is 24.3 Å². The highest BCUT2D eigenvalue weighted by molar-refractivity contribution is 5.91. The van der Waals surface area contributed by atoms with E-state index < -0.39 is 6.36 Å². The molecule has 0 spiro atoms. The van der Waals surface area contributed by atoms with Gasteiger partial charge in [-0.2, -0.15) is 0 Å². The van der Waals surface area contributed by atoms with Crippen LogP contribution in [0.5, 0.6) is 5.75 Å². The van der Waals surface area contributed by atoms with Crippen molar-refractivity contribution < 1.29 is 32.4 Å². The minimum absolute atomic E-state index is 0.115. The maximum absolute atomic E-state index is 12.1. The van der Waals surface area contributed by atoms with Crippen molar-refractivity contribution in [2.45, 2.75) is 19.7 Å². The lowest BCUT2D eigenvalue weighted by molar-refractivity contribution is -0.895. The van der Waals surface area contributed by atoms with E-state index in [0.29, 0.717) is 38.3 Å². The average Bonchev–Trinajstić information content (AvgIpc) is 2.55. The van der Waals surface area contributed by atoms with Crippen molar-refractivity contribution in [2.75, 3.05) is 38.0 Å². The number of halogens is 3. The second kappa shape index (κ2) is 8.19. The van der Waals surface area contributed by atoms with Crippen molar-refractivity contribution >= 4 is 17.5 Å². The fraction of sp³-hybridized carbons (Fsp3) is 0.500. The Morgan fingerprint density at radius 1 is 1.20 bits per heavy atom. The number of piperazine rings is 1. The maximum atomic E-state index is 12.1. The van der Waals surface area contributed by atoms with Gasteiger partial charge in [-0.25, -0.2) is 0 Å². The van der Waals surface area contributed by atoms with Gasteiger partial charge in [-0.15, -0.1) is 13.2 Å². The number of nitrogens with zero attached hydrogens (tertiary/aromatic N) is 1. The summed E-state index contributed by atoms with van der Waals surface area (Å²) in [7, 11) is 0. The summed E-state index contributed by atoms with van der Waals surface area (Å²) in [6.07, 6.45) is -4.26. The molecule has 0 aliphatic carbocycles. The number of benzene rings is 1. The fourth-order valence-electron chi connectivity index (χ4n) is 2.64. The summed E-state index contributed by atoms with van der Waals surface area (Å²) in [5.41, 5.74) is 0.402. The number of hydrogen-bond donors (Lipinski definition) is 2. The molecule has 9 heteroatoms. The zero-order valence-electron chi connectivity index (χ0n) is 13.9. The molecular weight excluding hydrogens is 339 g/mol. The lowest BCUT2D eigenvalue weighted by atomic mass is 10.2. The first-order valence-electron chi connectivity index (χ1n) is 8.04. The fourth-order valence-corrected chi connectivity index (χ4v) is 2.64. The van der Waals surface area contributed by atoms with E-state index in [1.165, 1.54) is 12.1 Å². The Morgan fingerprint density at radius 3 is 2.32 bits per heavy atom. The number of amides is 2. The highest BCUT2D eigenvalue weighted by Crippen LogP contribution is 2.23. The van der Waals surface area contributed by atoms with Crippen LogP contribution in [0.4, 0.5) is 18.9 Å². The summed E-state index contributed by atoms with van der Waals surface area (Å²) in [6, 6.07) is 4.99. The number of nitrogens with one attached hydrogen (secondary N) is 2. The van der Waals surface area contributed by atoms with E-state index in [0.717, 1.165) is 17.0 Å². The van der Waals surface area contributed by atoms with E-state index in [1.54, 1.807) is 4.90 Å². The summed E-state index contributed by atoms with van der Waals surface area (Å²) < 4.78 is 40.1. The second-order valence-electron chi connectivity index (χ2n) is 5.78. The van der Waals surface area contributed by atoms with Crippen LogP contribution in [0.2, 0.25) is 0 Å². The quantitative estimate of drug-likeness (QED) is 0.811. The summed E-state index contributed by atoms with van der Waals surface area (Å²) in [6.45, 7) is 4.70. The van der Waals surface area contributed by atoms with Crippen LogP contribution in [0.25, 0.3) is 0 Å². The summed E-state index contributed by atoms with van der Waals surface area (Å²) in [4.78, 5) is 26.5. The minimum atomic E-state index is -4.74. The van der Waals surface area contributed by atoms with Gasteiger partial charge in [-0.05, 0) is 24.3 Å². The molecule has 2 N–H and O–H groups in total. The molecule has 0 bridgehead atoms. The molecule has 1 saturated heterocycles. The van der Waals surface area contributed by atoms with Gasteiger partial charge in [0.25, 0.3) is 5.91 Å². The lowest BCUT2D eigenvalue weighted by Crippen LogP contribution is -3.15. The van der Waals surface area contributed by atoms with Crippen molar-refractivity contribution in [1.29, 1.82) is 0 Å². The third-order valence-corrected chi connectivity index (χ3v) is 3.91. The van der Waals surface area contributed by atoms with Crippen LogP contribution in [0.3, 0.4) is 0 Å². The van der Waals surface area contributed by atoms with Crippen molar-refractivity contribution in [3.63, 3.8) is 0 Å². The highest BCUT2D eigenvalue weighted by Gasteiger charge is 2.31. The Morgan fingerprint density at radius 2 is 1.80 bits per heavy atom. The van der Waals surface area contributed by atoms with Crippen LogP contribution < -0.4 is 15.0 Å². The van der Waals surface area contributed by atoms with E-state index in [-0.39, 0.29) is 24.1 Å². The van der Waals surface area contributed by atoms with Gasteiger partial charge in [0.05, 0.1) is 26.2 Å². The van der Waals surface area contributed by atoms with E-state index in [1.807, 2.05) is 6.92 Å². The minimum Gasteiger partial charge on any atom is -0.406 e. The van der Waals surface area contributed by atoms with Crippen LogP contribution in [0, 0.1) is 0 Å². The van der Waals surface area contributed by atoms with E-state index in [9.17, 15) is 22.8 Å². The molecule has 2 amide bonds. The first-order valence-corrected chi connectivity index (χ1v) is 8.04. The van der Waals surface area contributed by atoms with Crippen molar-refractivity contribution in [3.8, 4) is 5.75 Å². The zero-order chi connectivity index (χ0) is 18.4. The number of carbonyl (C=O) groups excluding carboxylic acids is 2. The highest BCUT2D eigenvalue weighted by atomic mass is 19.4. The molecule has 0 radical (unpaired) electrons. The van der Waals surface area contributed by atoms with E-state index in [2.05, 4.69) is 10.1 Å². The number of hydrogen-bond acceptors (Lipinski definition) is 3. The predicted molar refractivity (Wildman–Crippen MR) is 84.2 cm³/mol. The van der Waals surface area contributed by atoms with E-state index in [4.69, 9.17) is 0 Å². The van der Waals surface area contributed by atoms with Crippen LogP contribution in [0.15, 0.2) is 24.3 Å². The zero-order valence-corrected chi connectivity index (χ0v) is 13.9. The predicted octanol–water partition coefficient (Wildman–Crippen LogP) is 0.661. The van der Waals surface area contributed by atoms with Gasteiger partial charge in [0.15, 0.2) is 6.54 Å². The maximum Gasteiger partial charge on any atom is 0.573 e. The molecule has 138 valence electrons. The smallest absolute Gasteiger partial charge is 0.406 e. The Labute approximate surface area is 143 Å². The van der Waals surface area contributed by atoms with Crippen LogP contribution in [-0.2, 0) is 9.59 Å². The monoisotopic (exact) mass is 360 g/mol. The molecule has 0 saturated carbocycles. The van der Waals surface area contributed by atoms with Gasteiger partial charge in [-0.3, -0.25) is 9.59 Å². The SMILES string of the molecule is CCC(=O)N1CC[NH+](CC(=O)Nc2ccc(OC(F)(F)F)cc2)CC1. The number of ether oxygens (including phenoxy) is 1. The Bertz CT molecular complexity index is 597. The molecule has 1 aromatic rings. The van der Waals surface area contributed by atoms with Gasteiger partial charge in [0.2, 0.25) is 5.91 Å². The Hall–Kier alpha value is -2.29. The molecular formula is C16H21F3N3O3+. The average molecular weight is 360 g/mol. The second-order valence-corrected chi connectivity index (χ2v) is 5.78. The van der Waals surface area contributed by atoms with Crippen molar-refractivity contribution in [2.24, 2.45) is 0 Å². The number of carbonyl (C=O) groups is 2. The number of rotatable bonds is 5. The van der Waals surface area contributed by atoms with Crippen molar-refractivity contribution in [1.82, 2.24) is 4.90 Å². The number of quaternary nitrogens is 1. The van der Waals surface area contributed by atoms with Crippen LogP contribution >= 0.6 is 0 Å². The molecule has 6 nitrogen and oxygen atoms in total. The van der Waals surface area contributed by atoms with Gasteiger partial charge >= 0.3 is 6.36 Å². The van der Waals surface area contributed by atoms with Crippen LogP contribution in [0.1, 0.15) is 13.3 Å². The van der Waals surface area contributed by atoms with Gasteiger partial charge in [0.1, 0.15) is 5.75 Å². The molecule has 1 heterocycles. The molecule has 1 fully saturated rings. The molecule has 1 aromatic carbocycles.